The number of carbonyl (C=O) groups excluding carboxylic acids is 1. The molecule has 2 amide bonds. The highest BCUT2D eigenvalue weighted by molar-refractivity contribution is 7.89. The van der Waals surface area contributed by atoms with E-state index in [2.05, 4.69) is 5.32 Å². The van der Waals surface area contributed by atoms with Crippen molar-refractivity contribution >= 4 is 21.7 Å². The first-order valence-electron chi connectivity index (χ1n) is 12.5. The molecule has 11 heteroatoms. The van der Waals surface area contributed by atoms with Crippen LogP contribution in [0.4, 0.5) is 19.3 Å². The van der Waals surface area contributed by atoms with Crippen molar-refractivity contribution in [2.75, 3.05) is 32.1 Å². The predicted molar refractivity (Wildman–Crippen MR) is 144 cm³/mol. The predicted octanol–water partition coefficient (Wildman–Crippen LogP) is 4.56. The van der Waals surface area contributed by atoms with E-state index in [0.29, 0.717) is 16.8 Å². The number of fused-ring (bicyclic) bond motifs is 1. The summed E-state index contributed by atoms with van der Waals surface area (Å²) in [6.07, 6.45) is -0.625. The van der Waals surface area contributed by atoms with Gasteiger partial charge in [-0.25, -0.2) is 22.0 Å². The Labute approximate surface area is 226 Å². The van der Waals surface area contributed by atoms with Crippen molar-refractivity contribution < 1.29 is 31.8 Å². The van der Waals surface area contributed by atoms with Crippen LogP contribution in [0.15, 0.2) is 71.6 Å². The largest absolute Gasteiger partial charge is 0.487 e. The van der Waals surface area contributed by atoms with Gasteiger partial charge in [0.25, 0.3) is 0 Å². The third-order valence-electron chi connectivity index (χ3n) is 6.74. The molecule has 0 saturated heterocycles. The van der Waals surface area contributed by atoms with Gasteiger partial charge in [-0.05, 0) is 66.6 Å². The van der Waals surface area contributed by atoms with E-state index in [1.807, 2.05) is 6.92 Å². The number of anilines is 1. The van der Waals surface area contributed by atoms with Crippen LogP contribution in [0.1, 0.15) is 13.8 Å². The zero-order valence-corrected chi connectivity index (χ0v) is 22.7. The molecule has 2 N–H and O–H groups in total. The summed E-state index contributed by atoms with van der Waals surface area (Å²) in [5, 5.41) is 12.5. The standard InChI is InChI=1S/C28H31F2N3O5S/c1-18-15-33(19(2)17-34)39(36,37)27-13-6-21(20-4-7-22(29)8-5-20)14-25(27)38-26(18)16-32(3)28(35)31-24-11-9-23(30)10-12-24/h4-14,18-19,26,34H,15-17H2,1-3H3,(H,31,35)/t18-,19-,26+/m1/s1. The third-order valence-corrected chi connectivity index (χ3v) is 8.76. The number of aliphatic hydroxyl groups excluding tert-OH is 1. The summed E-state index contributed by atoms with van der Waals surface area (Å²) in [5.41, 5.74) is 1.71. The molecule has 0 aromatic heterocycles. The number of amides is 2. The van der Waals surface area contributed by atoms with Gasteiger partial charge in [0, 0.05) is 31.2 Å². The monoisotopic (exact) mass is 559 g/mol. The number of hydrogen-bond acceptors (Lipinski definition) is 5. The van der Waals surface area contributed by atoms with Crippen LogP contribution in [0, 0.1) is 17.6 Å². The molecule has 3 aromatic carbocycles. The van der Waals surface area contributed by atoms with Gasteiger partial charge in [-0.1, -0.05) is 25.1 Å². The number of sulfonamides is 1. The van der Waals surface area contributed by atoms with E-state index < -0.39 is 39.8 Å². The molecule has 3 atom stereocenters. The van der Waals surface area contributed by atoms with Crippen molar-refractivity contribution in [3.63, 3.8) is 0 Å². The highest BCUT2D eigenvalue weighted by atomic mass is 32.2. The quantitative estimate of drug-likeness (QED) is 0.461. The van der Waals surface area contributed by atoms with Gasteiger partial charge in [0.05, 0.1) is 13.2 Å². The lowest BCUT2D eigenvalue weighted by atomic mass is 10.0. The number of urea groups is 1. The maximum absolute atomic E-state index is 13.7. The lowest BCUT2D eigenvalue weighted by Gasteiger charge is -2.37. The van der Waals surface area contributed by atoms with E-state index in [4.69, 9.17) is 4.74 Å². The second-order valence-corrected chi connectivity index (χ2v) is 11.6. The van der Waals surface area contributed by atoms with Crippen molar-refractivity contribution in [1.82, 2.24) is 9.21 Å². The van der Waals surface area contributed by atoms with Gasteiger partial charge in [0.2, 0.25) is 10.0 Å². The number of likely N-dealkylation sites (N-methyl/N-ethyl adjacent to an activating group) is 1. The first-order valence-corrected chi connectivity index (χ1v) is 13.9. The Kier molecular flexibility index (Phi) is 8.53. The minimum Gasteiger partial charge on any atom is -0.487 e. The van der Waals surface area contributed by atoms with Gasteiger partial charge in [0.15, 0.2) is 0 Å². The number of nitrogens with zero attached hydrogens (tertiary/aromatic N) is 2. The second kappa shape index (κ2) is 11.7. The molecular weight excluding hydrogens is 528 g/mol. The average molecular weight is 560 g/mol. The minimum atomic E-state index is -4.04. The number of carbonyl (C=O) groups is 1. The van der Waals surface area contributed by atoms with E-state index in [-0.39, 0.29) is 36.3 Å². The van der Waals surface area contributed by atoms with Crippen LogP contribution in [-0.4, -0.2) is 67.7 Å². The number of rotatable bonds is 6. The van der Waals surface area contributed by atoms with Gasteiger partial charge >= 0.3 is 6.03 Å². The van der Waals surface area contributed by atoms with Crippen LogP contribution < -0.4 is 10.1 Å². The molecule has 3 aromatic rings. The van der Waals surface area contributed by atoms with Crippen LogP contribution in [0.3, 0.4) is 0 Å². The fourth-order valence-corrected chi connectivity index (χ4v) is 6.20. The van der Waals surface area contributed by atoms with Crippen molar-refractivity contribution in [3.05, 3.63) is 78.4 Å². The van der Waals surface area contributed by atoms with Crippen molar-refractivity contribution in [2.24, 2.45) is 5.92 Å². The molecule has 0 radical (unpaired) electrons. The summed E-state index contributed by atoms with van der Waals surface area (Å²) in [6, 6.07) is 14.7. The molecule has 0 bridgehead atoms. The molecule has 0 saturated carbocycles. The fourth-order valence-electron chi connectivity index (χ4n) is 4.37. The van der Waals surface area contributed by atoms with Crippen LogP contribution in [0.25, 0.3) is 11.1 Å². The molecule has 0 fully saturated rings. The summed E-state index contributed by atoms with van der Waals surface area (Å²) >= 11 is 0. The Hall–Kier alpha value is -3.54. The number of halogens is 2. The average Bonchev–Trinajstić information content (AvgIpc) is 2.91. The van der Waals surface area contributed by atoms with Crippen molar-refractivity contribution in [3.8, 4) is 16.9 Å². The minimum absolute atomic E-state index is 0.0568. The van der Waals surface area contributed by atoms with Crippen molar-refractivity contribution in [2.45, 2.75) is 30.9 Å². The molecule has 0 spiro atoms. The summed E-state index contributed by atoms with van der Waals surface area (Å²) in [5.74, 6) is -1.10. The normalized spacial score (nSPS) is 19.6. The fraction of sp³-hybridized carbons (Fsp3) is 0.321. The molecule has 4 rings (SSSR count). The lowest BCUT2D eigenvalue weighted by Crippen LogP contribution is -2.50. The van der Waals surface area contributed by atoms with E-state index >= 15 is 0 Å². The topological polar surface area (TPSA) is 99.2 Å². The number of nitrogens with one attached hydrogen (secondary N) is 1. The van der Waals surface area contributed by atoms with Crippen molar-refractivity contribution in [1.29, 1.82) is 0 Å². The number of ether oxygens (including phenoxy) is 1. The Morgan fingerprint density at radius 1 is 1.08 bits per heavy atom. The summed E-state index contributed by atoms with van der Waals surface area (Å²) in [4.78, 5) is 14.2. The van der Waals surface area contributed by atoms with E-state index in [9.17, 15) is 27.1 Å². The van der Waals surface area contributed by atoms with Gasteiger partial charge in [0.1, 0.15) is 28.4 Å². The summed E-state index contributed by atoms with van der Waals surface area (Å²) in [7, 11) is -2.46. The first-order chi connectivity index (χ1) is 18.5. The Morgan fingerprint density at radius 2 is 1.67 bits per heavy atom. The molecule has 1 heterocycles. The smallest absolute Gasteiger partial charge is 0.321 e. The highest BCUT2D eigenvalue weighted by Crippen LogP contribution is 2.36. The molecular formula is C28H31F2N3O5S. The second-order valence-electron chi connectivity index (χ2n) is 9.73. The first kappa shape index (κ1) is 28.5. The number of benzene rings is 3. The van der Waals surface area contributed by atoms with Gasteiger partial charge < -0.3 is 20.1 Å². The molecule has 1 aliphatic heterocycles. The van der Waals surface area contributed by atoms with Crippen LogP contribution in [-0.2, 0) is 10.0 Å². The maximum Gasteiger partial charge on any atom is 0.321 e. The van der Waals surface area contributed by atoms with Gasteiger partial charge in [-0.15, -0.1) is 0 Å². The Morgan fingerprint density at radius 3 is 2.28 bits per heavy atom. The molecule has 0 aliphatic carbocycles. The lowest BCUT2D eigenvalue weighted by molar-refractivity contribution is 0.0830. The van der Waals surface area contributed by atoms with Gasteiger partial charge in [-0.2, -0.15) is 4.31 Å². The van der Waals surface area contributed by atoms with E-state index in [1.54, 1.807) is 38.2 Å². The van der Waals surface area contributed by atoms with Crippen LogP contribution in [0.2, 0.25) is 0 Å². The molecule has 1 aliphatic rings. The van der Waals surface area contributed by atoms with E-state index in [1.165, 1.54) is 51.7 Å². The maximum atomic E-state index is 13.7. The SMILES string of the molecule is C[C@@H]1CN([C@H](C)CO)S(=O)(=O)c2ccc(-c3ccc(F)cc3)cc2O[C@H]1CN(C)C(=O)Nc1ccc(F)cc1. The zero-order chi connectivity index (χ0) is 28.3. The number of hydrogen-bond donors (Lipinski definition) is 2. The molecule has 39 heavy (non-hydrogen) atoms. The summed E-state index contributed by atoms with van der Waals surface area (Å²) in [6.45, 7) is 3.23. The molecule has 208 valence electrons. The van der Waals surface area contributed by atoms with Crippen LogP contribution >= 0.6 is 0 Å². The Balaban J connectivity index is 1.68. The zero-order valence-electron chi connectivity index (χ0n) is 21.8. The van der Waals surface area contributed by atoms with Crippen LogP contribution in [0.5, 0.6) is 5.75 Å². The molecule has 0 unspecified atom stereocenters. The third kappa shape index (κ3) is 6.38. The van der Waals surface area contributed by atoms with Gasteiger partial charge in [-0.3, -0.25) is 0 Å². The number of aliphatic hydroxyl groups is 1. The summed E-state index contributed by atoms with van der Waals surface area (Å²) < 4.78 is 61.6. The Bertz CT molecular complexity index is 1420. The molecule has 8 nitrogen and oxygen atoms in total. The highest BCUT2D eigenvalue weighted by Gasteiger charge is 2.38. The van der Waals surface area contributed by atoms with E-state index in [0.717, 1.165) is 0 Å².